The maximum atomic E-state index is 6.75. The van der Waals surface area contributed by atoms with Crippen LogP contribution in [0.15, 0.2) is 48.7 Å². The van der Waals surface area contributed by atoms with Crippen LogP contribution in [0.4, 0.5) is 0 Å². The molecule has 0 radical (unpaired) electrons. The minimum Gasteiger partial charge on any atom is -0.687 e. The molecule has 3 aromatic heterocycles. The summed E-state index contributed by atoms with van der Waals surface area (Å²) >= 11 is 0. The van der Waals surface area contributed by atoms with Gasteiger partial charge in [0.05, 0.1) is 22.8 Å². The first kappa shape index (κ1) is 41.9. The predicted molar refractivity (Wildman–Crippen MR) is 237 cm³/mol. The molecule has 0 spiro atoms. The Bertz CT molecular complexity index is 1900. The summed E-state index contributed by atoms with van der Waals surface area (Å²) in [6.45, 7) is 0.858. The van der Waals surface area contributed by atoms with E-state index in [1.807, 2.05) is 18.2 Å². The normalized spacial score (nSPS) is 19.9. The van der Waals surface area contributed by atoms with Gasteiger partial charge in [-0.3, -0.25) is 4.91 Å². The average molecular weight is 815 g/mol. The van der Waals surface area contributed by atoms with Crippen molar-refractivity contribution in [3.05, 3.63) is 115 Å². The van der Waals surface area contributed by atoms with E-state index in [-0.39, 0.29) is 17.1 Å². The summed E-state index contributed by atoms with van der Waals surface area (Å²) in [7, 11) is 0. The predicted octanol–water partition coefficient (Wildman–Crippen LogP) is 14.4. The van der Waals surface area contributed by atoms with Crippen molar-refractivity contribution < 1.29 is 17.1 Å². The Morgan fingerprint density at radius 2 is 0.741 bits per heavy atom. The van der Waals surface area contributed by atoms with Crippen LogP contribution in [0.3, 0.4) is 0 Å². The molecule has 0 atom stereocenters. The second-order valence-electron chi connectivity index (χ2n) is 17.1. The Kier molecular flexibility index (Phi) is 14.9. The van der Waals surface area contributed by atoms with Gasteiger partial charge in [0.2, 0.25) is 0 Å². The zero-order chi connectivity index (χ0) is 38.8. The van der Waals surface area contributed by atoms with Crippen LogP contribution in [0.5, 0.6) is 0 Å². The maximum absolute atomic E-state index is 6.75. The van der Waals surface area contributed by atoms with Crippen LogP contribution in [0.2, 0.25) is 0 Å². The molecule has 0 N–H and O–H groups in total. The van der Waals surface area contributed by atoms with E-state index < -0.39 is 0 Å². The number of nitrogens with zero attached hydrogens (tertiary/aromatic N) is 8. The first-order valence-electron chi connectivity index (χ1n) is 22.2. The third-order valence-electron chi connectivity index (χ3n) is 13.5. The van der Waals surface area contributed by atoms with Gasteiger partial charge in [-0.2, -0.15) is 6.20 Å². The van der Waals surface area contributed by atoms with E-state index in [4.69, 9.17) is 31.0 Å². The molecule has 6 heterocycles. The number of fused-ring (bicyclic) bond motifs is 8. The summed E-state index contributed by atoms with van der Waals surface area (Å²) in [6.07, 6.45) is 42.7. The number of allylic oxidation sites excluding steroid dienone is 2. The number of aromatic nitrogens is 4. The molecule has 302 valence electrons. The van der Waals surface area contributed by atoms with Gasteiger partial charge in [-0.15, -0.1) is 34.7 Å². The van der Waals surface area contributed by atoms with Crippen molar-refractivity contribution in [3.63, 3.8) is 0 Å². The molecule has 9 heteroatoms. The van der Waals surface area contributed by atoms with Gasteiger partial charge in [-0.1, -0.05) is 113 Å². The fourth-order valence-corrected chi connectivity index (χ4v) is 10.8. The molecular weight excluding hydrogens is 756 g/mol. The van der Waals surface area contributed by atoms with Gasteiger partial charge >= 0.3 is 17.1 Å². The van der Waals surface area contributed by atoms with Crippen LogP contribution in [0.25, 0.3) is 67.7 Å². The monoisotopic (exact) mass is 814 g/mol. The summed E-state index contributed by atoms with van der Waals surface area (Å²) in [5.41, 5.74) is 28.2. The van der Waals surface area contributed by atoms with Crippen LogP contribution in [0.1, 0.15) is 197 Å². The van der Waals surface area contributed by atoms with E-state index in [9.17, 15) is 0 Å². The molecule has 7 aliphatic rings. The Labute approximate surface area is 355 Å². The average Bonchev–Trinajstić information content (AvgIpc) is 4.12. The molecule has 0 unspecified atom stereocenters. The molecule has 3 aliphatic heterocycles. The Hall–Kier alpha value is -4.29. The van der Waals surface area contributed by atoms with Gasteiger partial charge in [0.15, 0.2) is 0 Å². The van der Waals surface area contributed by atoms with E-state index in [0.717, 1.165) is 51.4 Å². The van der Waals surface area contributed by atoms with Gasteiger partial charge in [0, 0.05) is 0 Å². The van der Waals surface area contributed by atoms with Crippen LogP contribution >= 0.6 is 0 Å². The molecule has 0 saturated heterocycles. The molecule has 4 fully saturated rings. The number of rotatable bonds is 4. The largest absolute Gasteiger partial charge is 4.00 e. The zero-order valence-corrected chi connectivity index (χ0v) is 35.1. The van der Waals surface area contributed by atoms with Gasteiger partial charge in [-0.05, 0) is 122 Å². The van der Waals surface area contributed by atoms with Crippen molar-refractivity contribution in [1.82, 2.24) is 19.9 Å². The molecule has 0 amide bonds. The second kappa shape index (κ2) is 20.6. The molecule has 10 rings (SSSR count). The van der Waals surface area contributed by atoms with E-state index in [2.05, 4.69) is 53.9 Å². The van der Waals surface area contributed by atoms with Gasteiger partial charge in [0.1, 0.15) is 0 Å². The quantitative estimate of drug-likeness (QED) is 0.0774. The van der Waals surface area contributed by atoms with Crippen LogP contribution in [-0.4, -0.2) is 16.5 Å². The van der Waals surface area contributed by atoms with Crippen LogP contribution in [-0.2, 0) is 17.1 Å². The van der Waals surface area contributed by atoms with Gasteiger partial charge in [-0.25, -0.2) is 9.97 Å². The van der Waals surface area contributed by atoms with Crippen molar-refractivity contribution in [2.75, 3.05) is 6.54 Å². The minimum absolute atomic E-state index is 0. The third kappa shape index (κ3) is 9.60. The molecule has 4 aliphatic carbocycles. The SMILES string of the molecule is C1=CC[N-]C=C1.C1=Cc2nc1c(C1CCCCC1)c1ccc([n-]1)c(C1CCCCC1)c1nc(c(C3CCCCC3)c3ccc([n-]3)c2C2CCCCC2)C=C1.[Fe+4].[N-]=[N+]=[N-]. The van der Waals surface area contributed by atoms with E-state index in [0.29, 0.717) is 23.7 Å². The van der Waals surface area contributed by atoms with Crippen molar-refractivity contribution >= 4 is 46.4 Å². The summed E-state index contributed by atoms with van der Waals surface area (Å²) in [6, 6.07) is 9.31. The molecular formula is C49H58FeN8. The summed E-state index contributed by atoms with van der Waals surface area (Å²) < 4.78 is 0. The smallest absolute Gasteiger partial charge is 0.687 e. The molecule has 8 bridgehead atoms. The second-order valence-corrected chi connectivity index (χ2v) is 17.1. The molecule has 3 aromatic rings. The zero-order valence-electron chi connectivity index (χ0n) is 34.0. The van der Waals surface area contributed by atoms with Crippen LogP contribution < -0.4 is 9.97 Å². The Balaban J connectivity index is 0.000000460. The topological polar surface area (TPSA) is 127 Å². The third-order valence-corrected chi connectivity index (χ3v) is 13.5. The van der Waals surface area contributed by atoms with Gasteiger partial charge < -0.3 is 26.3 Å². The molecule has 0 aromatic carbocycles. The summed E-state index contributed by atoms with van der Waals surface area (Å²) in [4.78, 5) is 23.8. The van der Waals surface area contributed by atoms with E-state index >= 15 is 0 Å². The van der Waals surface area contributed by atoms with Crippen LogP contribution in [0, 0.1) is 0 Å². The van der Waals surface area contributed by atoms with Crippen molar-refractivity contribution in [2.45, 2.75) is 152 Å². The molecule has 8 nitrogen and oxygen atoms in total. The first-order chi connectivity index (χ1) is 28.2. The van der Waals surface area contributed by atoms with E-state index in [1.54, 1.807) is 6.20 Å². The molecule has 4 saturated carbocycles. The summed E-state index contributed by atoms with van der Waals surface area (Å²) in [5.74, 6) is 2.05. The Morgan fingerprint density at radius 1 is 0.448 bits per heavy atom. The first-order valence-corrected chi connectivity index (χ1v) is 22.2. The number of hydrogen-bond donors (Lipinski definition) is 0. The standard InChI is InChI=1S/C44H52N4.C5H6N.Fe.N3/c1-5-13-29(14-6-1)41-33-21-23-35(45-33)42(30-15-7-2-8-16-30)37-25-27-39(47-37)44(32-19-11-4-12-20-32)40-28-26-38(48-40)43(31-17-9-3-10-18-31)36-24-22-34(41)46-36;1-2-4-6-5-3-1;;1-3-2/h21-32H,1-20H2;1-4H,5H2;;/q-2;-1;+4;-1. The summed E-state index contributed by atoms with van der Waals surface area (Å²) in [5, 5.41) is 3.91. The van der Waals surface area contributed by atoms with E-state index in [1.165, 1.54) is 156 Å². The minimum atomic E-state index is 0. The van der Waals surface area contributed by atoms with Gasteiger partial charge in [0.25, 0.3) is 0 Å². The fraction of sp³-hybridized carbons (Fsp3) is 0.510. The fourth-order valence-electron chi connectivity index (χ4n) is 10.8. The maximum Gasteiger partial charge on any atom is 4.00 e. The van der Waals surface area contributed by atoms with Crippen molar-refractivity contribution in [1.29, 1.82) is 0 Å². The number of hydrogen-bond acceptors (Lipinski definition) is 2. The van der Waals surface area contributed by atoms with Crippen molar-refractivity contribution in [3.8, 4) is 0 Å². The molecule has 58 heavy (non-hydrogen) atoms. The van der Waals surface area contributed by atoms with Crippen molar-refractivity contribution in [2.24, 2.45) is 0 Å². The Morgan fingerprint density at radius 3 is 0.948 bits per heavy atom.